The number of benzene rings is 2. The van der Waals surface area contributed by atoms with E-state index >= 15 is 0 Å². The summed E-state index contributed by atoms with van der Waals surface area (Å²) in [6, 6.07) is 11.0. The number of aromatic nitrogens is 3. The Bertz CT molecular complexity index is 1000. The van der Waals surface area contributed by atoms with Crippen LogP contribution in [0.2, 0.25) is 0 Å². The van der Waals surface area contributed by atoms with Crippen LogP contribution in [0.25, 0.3) is 17.1 Å². The number of rotatable bonds is 5. The van der Waals surface area contributed by atoms with Crippen LogP contribution in [-0.4, -0.2) is 32.3 Å². The predicted molar refractivity (Wildman–Crippen MR) is 96.4 cm³/mol. The number of carbonyl (C=O) groups is 1. The molecule has 152 valence electrons. The predicted octanol–water partition coefficient (Wildman–Crippen LogP) is 4.93. The Balaban J connectivity index is 1.74. The van der Waals surface area contributed by atoms with Crippen LogP contribution in [0, 0.1) is 0 Å². The molecule has 0 spiro atoms. The lowest BCUT2D eigenvalue weighted by atomic mass is 10.2. The van der Waals surface area contributed by atoms with E-state index in [9.17, 15) is 26.7 Å². The fourth-order valence-corrected chi connectivity index (χ4v) is 2.35. The Morgan fingerprint density at radius 1 is 1.00 bits per heavy atom. The molecular weight excluding hydrogens is 419 g/mol. The lowest BCUT2D eigenvalue weighted by Gasteiger charge is -2.20. The van der Waals surface area contributed by atoms with Gasteiger partial charge < -0.3 is 10.1 Å². The second-order valence-corrected chi connectivity index (χ2v) is 6.04. The van der Waals surface area contributed by atoms with E-state index < -0.39 is 23.3 Å². The molecule has 3 aromatic rings. The van der Waals surface area contributed by atoms with Crippen molar-refractivity contribution in [3.63, 3.8) is 0 Å². The van der Waals surface area contributed by atoms with E-state index in [1.807, 2.05) is 0 Å². The molecule has 0 unspecified atom stereocenters. The van der Waals surface area contributed by atoms with Crippen molar-refractivity contribution in [2.24, 2.45) is 0 Å². The lowest BCUT2D eigenvalue weighted by Crippen LogP contribution is -2.41. The zero-order valence-electron chi connectivity index (χ0n) is 14.2. The molecule has 0 atom stereocenters. The minimum atomic E-state index is -5.82. The van der Waals surface area contributed by atoms with Gasteiger partial charge in [0, 0.05) is 11.3 Å². The number of nitrogens with one attached hydrogen (secondary N) is 1. The Labute approximate surface area is 165 Å². The van der Waals surface area contributed by atoms with Gasteiger partial charge in [-0.1, -0.05) is 12.6 Å². The van der Waals surface area contributed by atoms with Crippen molar-refractivity contribution in [3.8, 4) is 22.8 Å². The molecule has 1 N–H and O–H groups in total. The number of anilines is 1. The first-order chi connectivity index (χ1) is 13.5. The molecule has 0 saturated heterocycles. The minimum absolute atomic E-state index is 0.331. The molecule has 0 saturated carbocycles. The monoisotopic (exact) mass is 430 g/mol. The first-order valence-electron chi connectivity index (χ1n) is 7.81. The molecule has 29 heavy (non-hydrogen) atoms. The second-order valence-electron chi connectivity index (χ2n) is 5.63. The summed E-state index contributed by atoms with van der Waals surface area (Å²) in [5.41, 5.74) is 1.52. The molecule has 6 nitrogen and oxygen atoms in total. The van der Waals surface area contributed by atoms with Crippen molar-refractivity contribution >= 4 is 23.6 Å². The van der Waals surface area contributed by atoms with Crippen molar-refractivity contribution in [2.75, 3.05) is 5.32 Å². The van der Waals surface area contributed by atoms with Crippen molar-refractivity contribution < 1.29 is 31.5 Å². The molecule has 12 heteroatoms. The quantitative estimate of drug-likeness (QED) is 0.445. The van der Waals surface area contributed by atoms with Gasteiger partial charge in [-0.15, -0.1) is 5.10 Å². The van der Waals surface area contributed by atoms with Crippen LogP contribution in [0.5, 0.6) is 5.75 Å². The second kappa shape index (κ2) is 7.70. The standard InChI is InChI=1S/C17H11F5N4O2S/c18-16(19,20)17(21,22)28-13-7-5-12(6-8-13)26-9-23-14(25-26)10-1-3-11(4-2-10)24-15(27)29/h1-9H,(H2,24,27,29). The molecule has 0 radical (unpaired) electrons. The normalized spacial score (nSPS) is 11.9. The van der Waals surface area contributed by atoms with E-state index in [-0.39, 0.29) is 0 Å². The molecule has 3 rings (SSSR count). The Morgan fingerprint density at radius 3 is 2.17 bits per heavy atom. The zero-order chi connectivity index (χ0) is 21.2. The van der Waals surface area contributed by atoms with E-state index in [1.165, 1.54) is 23.1 Å². The number of nitrogens with zero attached hydrogens (tertiary/aromatic N) is 3. The van der Waals surface area contributed by atoms with Gasteiger partial charge in [-0.05, 0) is 48.5 Å². The molecule has 1 aromatic heterocycles. The molecule has 1 heterocycles. The van der Waals surface area contributed by atoms with Crippen LogP contribution >= 0.6 is 12.6 Å². The first-order valence-corrected chi connectivity index (χ1v) is 8.26. The largest absolute Gasteiger partial charge is 0.499 e. The molecule has 0 bridgehead atoms. The fraction of sp³-hybridized carbons (Fsp3) is 0.118. The number of carbonyl (C=O) groups excluding carboxylic acids is 1. The highest BCUT2D eigenvalue weighted by atomic mass is 32.1. The molecule has 0 fully saturated rings. The van der Waals surface area contributed by atoms with Crippen LogP contribution in [0.1, 0.15) is 0 Å². The number of thiol groups is 1. The van der Waals surface area contributed by atoms with E-state index in [0.29, 0.717) is 22.8 Å². The van der Waals surface area contributed by atoms with Gasteiger partial charge in [-0.25, -0.2) is 9.67 Å². The molecule has 0 aliphatic rings. The van der Waals surface area contributed by atoms with Gasteiger partial charge in [0.25, 0.3) is 5.24 Å². The number of halogens is 5. The van der Waals surface area contributed by atoms with Gasteiger partial charge >= 0.3 is 12.3 Å². The maximum atomic E-state index is 12.9. The number of hydrogen-bond donors (Lipinski definition) is 2. The zero-order valence-corrected chi connectivity index (χ0v) is 15.1. The lowest BCUT2D eigenvalue weighted by molar-refractivity contribution is -0.360. The van der Waals surface area contributed by atoms with Crippen LogP contribution in [-0.2, 0) is 0 Å². The topological polar surface area (TPSA) is 69.0 Å². The molecule has 1 amide bonds. The number of amides is 1. The number of alkyl halides is 5. The SMILES string of the molecule is O=C(S)Nc1ccc(-c2ncn(-c3ccc(OC(F)(F)C(F)(F)F)cc3)n2)cc1. The van der Waals surface area contributed by atoms with Gasteiger partial charge in [0.15, 0.2) is 5.82 Å². The minimum Gasteiger partial charge on any atom is -0.426 e. The Morgan fingerprint density at radius 2 is 1.62 bits per heavy atom. The van der Waals surface area contributed by atoms with Crippen molar-refractivity contribution in [3.05, 3.63) is 54.9 Å². The van der Waals surface area contributed by atoms with E-state index in [1.54, 1.807) is 24.3 Å². The summed E-state index contributed by atoms with van der Waals surface area (Å²) in [7, 11) is 0. The molecule has 0 aliphatic heterocycles. The van der Waals surface area contributed by atoms with Crippen molar-refractivity contribution in [1.29, 1.82) is 0 Å². The average molecular weight is 430 g/mol. The van der Waals surface area contributed by atoms with Gasteiger partial charge in [0.05, 0.1) is 5.69 Å². The van der Waals surface area contributed by atoms with Crippen LogP contribution in [0.15, 0.2) is 54.9 Å². The summed E-state index contributed by atoms with van der Waals surface area (Å²) in [6.07, 6.45) is -9.77. The highest BCUT2D eigenvalue weighted by Crippen LogP contribution is 2.37. The maximum absolute atomic E-state index is 12.9. The van der Waals surface area contributed by atoms with Crippen molar-refractivity contribution in [2.45, 2.75) is 12.3 Å². The maximum Gasteiger partial charge on any atom is 0.499 e. The third-order valence-electron chi connectivity index (χ3n) is 3.56. The highest BCUT2D eigenvalue weighted by molar-refractivity contribution is 7.96. The van der Waals surface area contributed by atoms with E-state index in [0.717, 1.165) is 12.1 Å². The third-order valence-corrected chi connectivity index (χ3v) is 3.68. The summed E-state index contributed by atoms with van der Waals surface area (Å²) in [4.78, 5) is 15.0. The summed E-state index contributed by atoms with van der Waals surface area (Å²) >= 11 is 3.61. The third kappa shape index (κ3) is 4.83. The summed E-state index contributed by atoms with van der Waals surface area (Å²) in [6.45, 7) is 0. The van der Waals surface area contributed by atoms with Gasteiger partial charge in [0.1, 0.15) is 12.1 Å². The number of ether oxygens (including phenoxy) is 1. The van der Waals surface area contributed by atoms with Crippen molar-refractivity contribution in [1.82, 2.24) is 14.8 Å². The summed E-state index contributed by atoms with van der Waals surface area (Å²) < 4.78 is 67.5. The van der Waals surface area contributed by atoms with Crippen LogP contribution in [0.4, 0.5) is 32.4 Å². The van der Waals surface area contributed by atoms with Gasteiger partial charge in [-0.3, -0.25) is 4.79 Å². The van der Waals surface area contributed by atoms with Gasteiger partial charge in [-0.2, -0.15) is 22.0 Å². The molecule has 2 aromatic carbocycles. The van der Waals surface area contributed by atoms with E-state index in [4.69, 9.17) is 0 Å². The van der Waals surface area contributed by atoms with Gasteiger partial charge in [0.2, 0.25) is 0 Å². The Kier molecular flexibility index (Phi) is 5.46. The molecular formula is C17H11F5N4O2S. The first kappa shape index (κ1) is 20.6. The fourth-order valence-electron chi connectivity index (χ4n) is 2.22. The smallest absolute Gasteiger partial charge is 0.426 e. The summed E-state index contributed by atoms with van der Waals surface area (Å²) in [5.74, 6) is -0.323. The van der Waals surface area contributed by atoms with Crippen LogP contribution in [0.3, 0.4) is 0 Å². The van der Waals surface area contributed by atoms with E-state index in [2.05, 4.69) is 32.8 Å². The molecule has 0 aliphatic carbocycles. The Hall–Kier alpha value is -3.15. The summed E-state index contributed by atoms with van der Waals surface area (Å²) in [5, 5.41) is 6.19. The highest BCUT2D eigenvalue weighted by Gasteiger charge is 2.61. The van der Waals surface area contributed by atoms with Crippen LogP contribution < -0.4 is 10.1 Å². The number of hydrogen-bond acceptors (Lipinski definition) is 4. The average Bonchev–Trinajstić information content (AvgIpc) is 3.11.